The molecule has 1 aliphatic rings. The van der Waals surface area contributed by atoms with Crippen molar-refractivity contribution in [1.29, 1.82) is 0 Å². The van der Waals surface area contributed by atoms with Gasteiger partial charge >= 0.3 is 0 Å². The number of rotatable bonds is 2. The maximum atomic E-state index is 9.10. The molecule has 1 unspecified atom stereocenters. The molecule has 2 heteroatoms. The van der Waals surface area contributed by atoms with Crippen LogP contribution in [0.2, 0.25) is 0 Å². The molecular weight excluding hydrogens is 114 g/mol. The van der Waals surface area contributed by atoms with E-state index in [2.05, 4.69) is 5.32 Å². The molecule has 1 fully saturated rings. The molecule has 1 aliphatic carbocycles. The van der Waals surface area contributed by atoms with E-state index in [1.54, 1.807) is 0 Å². The Morgan fingerprint density at radius 3 is 2.78 bits per heavy atom. The Labute approximate surface area is 56.3 Å². The van der Waals surface area contributed by atoms with Gasteiger partial charge in [-0.2, -0.15) is 0 Å². The number of hydrogen-bond donors (Lipinski definition) is 2. The fourth-order valence-electron chi connectivity index (χ4n) is 1.52. The van der Waals surface area contributed by atoms with Gasteiger partial charge in [-0.3, -0.25) is 0 Å². The average Bonchev–Trinajstić information content (AvgIpc) is 2.17. The predicted molar refractivity (Wildman–Crippen MR) is 37.3 cm³/mol. The fourth-order valence-corrected chi connectivity index (χ4v) is 1.52. The molecule has 0 radical (unpaired) electrons. The molecule has 0 spiro atoms. The van der Waals surface area contributed by atoms with Crippen LogP contribution in [0.4, 0.5) is 0 Å². The maximum Gasteiger partial charge on any atom is 0.0543 e. The average molecular weight is 129 g/mol. The topological polar surface area (TPSA) is 32.3 Å². The van der Waals surface area contributed by atoms with Gasteiger partial charge in [-0.1, -0.05) is 0 Å². The third-order valence-corrected chi connectivity index (χ3v) is 2.01. The molecule has 9 heavy (non-hydrogen) atoms. The van der Waals surface area contributed by atoms with E-state index in [0.717, 1.165) is 25.3 Å². The summed E-state index contributed by atoms with van der Waals surface area (Å²) in [6, 6.07) is 0. The second-order valence-electron chi connectivity index (χ2n) is 2.89. The van der Waals surface area contributed by atoms with Crippen molar-refractivity contribution >= 4 is 0 Å². The molecule has 2 atom stereocenters. The van der Waals surface area contributed by atoms with Gasteiger partial charge < -0.3 is 10.4 Å². The fraction of sp³-hybridized carbons (Fsp3) is 1.00. The molecule has 0 amide bonds. The smallest absolute Gasteiger partial charge is 0.0543 e. The summed E-state index contributed by atoms with van der Waals surface area (Å²) in [5, 5.41) is 12.2. The van der Waals surface area contributed by atoms with E-state index in [1.165, 1.54) is 6.42 Å². The number of hydrogen-bond acceptors (Lipinski definition) is 2. The molecule has 0 aromatic carbocycles. The lowest BCUT2D eigenvalue weighted by atomic mass is 10.1. The summed E-state index contributed by atoms with van der Waals surface area (Å²) in [5.74, 6) is 0.727. The van der Waals surface area contributed by atoms with Crippen molar-refractivity contribution in [2.24, 2.45) is 5.92 Å². The van der Waals surface area contributed by atoms with Gasteiger partial charge in [0.05, 0.1) is 6.10 Å². The highest BCUT2D eigenvalue weighted by Crippen LogP contribution is 2.24. The van der Waals surface area contributed by atoms with E-state index in [4.69, 9.17) is 5.11 Å². The van der Waals surface area contributed by atoms with Crippen molar-refractivity contribution in [2.45, 2.75) is 25.4 Å². The largest absolute Gasteiger partial charge is 0.393 e. The lowest BCUT2D eigenvalue weighted by molar-refractivity contribution is 0.177. The van der Waals surface area contributed by atoms with E-state index >= 15 is 0 Å². The van der Waals surface area contributed by atoms with Crippen molar-refractivity contribution in [3.8, 4) is 0 Å². The van der Waals surface area contributed by atoms with Gasteiger partial charge in [0, 0.05) is 0 Å². The first-order chi connectivity index (χ1) is 4.33. The normalized spacial score (nSPS) is 35.3. The summed E-state index contributed by atoms with van der Waals surface area (Å²) in [7, 11) is 1.96. The molecule has 0 aromatic heterocycles. The second-order valence-corrected chi connectivity index (χ2v) is 2.89. The van der Waals surface area contributed by atoms with Crippen LogP contribution in [0.3, 0.4) is 0 Å². The van der Waals surface area contributed by atoms with Gasteiger partial charge in [0.15, 0.2) is 0 Å². The van der Waals surface area contributed by atoms with Crippen molar-refractivity contribution in [3.05, 3.63) is 0 Å². The van der Waals surface area contributed by atoms with Gasteiger partial charge in [0.25, 0.3) is 0 Å². The van der Waals surface area contributed by atoms with E-state index in [-0.39, 0.29) is 6.10 Å². The van der Waals surface area contributed by atoms with Crippen molar-refractivity contribution in [1.82, 2.24) is 5.32 Å². The van der Waals surface area contributed by atoms with E-state index in [9.17, 15) is 0 Å². The summed E-state index contributed by atoms with van der Waals surface area (Å²) < 4.78 is 0. The molecule has 2 N–H and O–H groups in total. The Morgan fingerprint density at radius 1 is 1.56 bits per heavy atom. The second kappa shape index (κ2) is 3.18. The molecular formula is C7H15NO. The van der Waals surface area contributed by atoms with Crippen LogP contribution in [0.15, 0.2) is 0 Å². The number of aliphatic hydroxyl groups is 1. The van der Waals surface area contributed by atoms with Gasteiger partial charge in [-0.25, -0.2) is 0 Å². The van der Waals surface area contributed by atoms with Crippen LogP contribution >= 0.6 is 0 Å². The zero-order valence-electron chi connectivity index (χ0n) is 5.93. The standard InChI is InChI=1S/C7H15NO/c1-8-5-6-2-3-7(9)4-6/h6-9H,2-5H2,1H3/t6-,7?/m0/s1. The zero-order valence-corrected chi connectivity index (χ0v) is 5.93. The van der Waals surface area contributed by atoms with Crippen LogP contribution in [-0.2, 0) is 0 Å². The summed E-state index contributed by atoms with van der Waals surface area (Å²) in [6.07, 6.45) is 3.19. The van der Waals surface area contributed by atoms with Gasteiger partial charge in [-0.05, 0) is 38.8 Å². The Balaban J connectivity index is 2.14. The van der Waals surface area contributed by atoms with Crippen LogP contribution in [0.1, 0.15) is 19.3 Å². The third kappa shape index (κ3) is 1.95. The highest BCUT2D eigenvalue weighted by atomic mass is 16.3. The first-order valence-corrected chi connectivity index (χ1v) is 3.65. The quantitative estimate of drug-likeness (QED) is 0.564. The highest BCUT2D eigenvalue weighted by molar-refractivity contribution is 4.75. The minimum atomic E-state index is -0.0108. The molecule has 1 saturated carbocycles. The highest BCUT2D eigenvalue weighted by Gasteiger charge is 2.21. The molecule has 54 valence electrons. The van der Waals surface area contributed by atoms with Crippen molar-refractivity contribution < 1.29 is 5.11 Å². The maximum absolute atomic E-state index is 9.10. The van der Waals surface area contributed by atoms with E-state index in [0.29, 0.717) is 0 Å². The molecule has 0 aliphatic heterocycles. The molecule has 2 nitrogen and oxygen atoms in total. The SMILES string of the molecule is CNC[C@H]1CCC(O)C1. The summed E-state index contributed by atoms with van der Waals surface area (Å²) >= 11 is 0. The van der Waals surface area contributed by atoms with E-state index < -0.39 is 0 Å². The first kappa shape index (κ1) is 7.03. The van der Waals surface area contributed by atoms with Crippen molar-refractivity contribution in [2.75, 3.05) is 13.6 Å². The van der Waals surface area contributed by atoms with Crippen LogP contribution in [0, 0.1) is 5.92 Å². The van der Waals surface area contributed by atoms with Gasteiger partial charge in [0.2, 0.25) is 0 Å². The Bertz CT molecular complexity index is 83.0. The van der Waals surface area contributed by atoms with Crippen molar-refractivity contribution in [3.63, 3.8) is 0 Å². The molecule has 0 saturated heterocycles. The van der Waals surface area contributed by atoms with E-state index in [1.807, 2.05) is 7.05 Å². The monoisotopic (exact) mass is 129 g/mol. The summed E-state index contributed by atoms with van der Waals surface area (Å²) in [6.45, 7) is 1.07. The molecule has 0 aromatic rings. The molecule has 0 heterocycles. The number of nitrogens with one attached hydrogen (secondary N) is 1. The third-order valence-electron chi connectivity index (χ3n) is 2.01. The lowest BCUT2D eigenvalue weighted by Crippen LogP contribution is -2.16. The summed E-state index contributed by atoms with van der Waals surface area (Å²) in [4.78, 5) is 0. The minimum Gasteiger partial charge on any atom is -0.393 e. The van der Waals surface area contributed by atoms with Crippen LogP contribution < -0.4 is 5.32 Å². The Morgan fingerprint density at radius 2 is 2.33 bits per heavy atom. The van der Waals surface area contributed by atoms with Crippen LogP contribution in [-0.4, -0.2) is 24.8 Å². The molecule has 0 bridgehead atoms. The first-order valence-electron chi connectivity index (χ1n) is 3.65. The Kier molecular flexibility index (Phi) is 2.49. The van der Waals surface area contributed by atoms with Crippen LogP contribution in [0.25, 0.3) is 0 Å². The number of aliphatic hydroxyl groups excluding tert-OH is 1. The molecule has 1 rings (SSSR count). The lowest BCUT2D eigenvalue weighted by Gasteiger charge is -2.05. The van der Waals surface area contributed by atoms with Gasteiger partial charge in [-0.15, -0.1) is 0 Å². The zero-order chi connectivity index (χ0) is 6.69. The Hall–Kier alpha value is -0.0800. The van der Waals surface area contributed by atoms with Crippen LogP contribution in [0.5, 0.6) is 0 Å². The van der Waals surface area contributed by atoms with Gasteiger partial charge in [0.1, 0.15) is 0 Å². The summed E-state index contributed by atoms with van der Waals surface area (Å²) in [5.41, 5.74) is 0. The minimum absolute atomic E-state index is 0.0108. The predicted octanol–water partition coefficient (Wildman–Crippen LogP) is 0.367.